The minimum absolute atomic E-state index is 0.121. The number of hydrogen-bond donors (Lipinski definition) is 0. The molecule has 2 fully saturated rings. The first-order valence-corrected chi connectivity index (χ1v) is 8.95. The van der Waals surface area contributed by atoms with Crippen molar-refractivity contribution in [3.8, 4) is 0 Å². The van der Waals surface area contributed by atoms with Gasteiger partial charge >= 0.3 is 0 Å². The molecule has 2 amide bonds. The molecule has 4 nitrogen and oxygen atoms in total. The van der Waals surface area contributed by atoms with Gasteiger partial charge in [-0.1, -0.05) is 13.8 Å². The van der Waals surface area contributed by atoms with Gasteiger partial charge in [0.05, 0.1) is 10.3 Å². The normalized spacial score (nSPS) is 25.9. The van der Waals surface area contributed by atoms with Gasteiger partial charge in [-0.05, 0) is 46.8 Å². The number of fused-ring (bicyclic) bond motifs is 1. The smallest absolute Gasteiger partial charge is 0.246 e. The van der Waals surface area contributed by atoms with E-state index in [-0.39, 0.29) is 29.8 Å². The number of nitrogens with zero attached hydrogens (tertiary/aromatic N) is 2. The molecule has 0 N–H and O–H groups in total. The van der Waals surface area contributed by atoms with Crippen molar-refractivity contribution in [1.29, 1.82) is 0 Å². The molecule has 2 aliphatic rings. The molecule has 2 unspecified atom stereocenters. The van der Waals surface area contributed by atoms with Crippen LogP contribution in [-0.4, -0.2) is 40.2 Å². The third-order valence-corrected chi connectivity index (χ3v) is 5.89. The Morgan fingerprint density at radius 2 is 2.10 bits per heavy atom. The van der Waals surface area contributed by atoms with Crippen molar-refractivity contribution in [3.05, 3.63) is 20.8 Å². The maximum Gasteiger partial charge on any atom is 0.246 e. The van der Waals surface area contributed by atoms with Crippen LogP contribution in [0.15, 0.2) is 15.9 Å². The highest BCUT2D eigenvalue weighted by atomic mass is 79.9. The maximum absolute atomic E-state index is 12.8. The van der Waals surface area contributed by atoms with E-state index in [1.54, 1.807) is 21.1 Å². The number of hydrogen-bond acceptors (Lipinski definition) is 3. The number of piperazine rings is 1. The fourth-order valence-corrected chi connectivity index (χ4v) is 4.83. The van der Waals surface area contributed by atoms with Crippen LogP contribution in [0.1, 0.15) is 31.6 Å². The van der Waals surface area contributed by atoms with Crippen molar-refractivity contribution < 1.29 is 9.59 Å². The Morgan fingerprint density at radius 1 is 1.33 bits per heavy atom. The SMILES string of the molecule is CC(C)C1C(=O)N2CCCC2C(=O)N1Cc1ccc(Br)s1. The van der Waals surface area contributed by atoms with Crippen LogP contribution in [0, 0.1) is 5.92 Å². The molecule has 3 rings (SSSR count). The molecule has 1 aromatic heterocycles. The fraction of sp³-hybridized carbons (Fsp3) is 0.600. The quantitative estimate of drug-likeness (QED) is 0.820. The number of rotatable bonds is 3. The summed E-state index contributed by atoms with van der Waals surface area (Å²) in [4.78, 5) is 30.2. The first-order chi connectivity index (χ1) is 9.99. The summed E-state index contributed by atoms with van der Waals surface area (Å²) in [5.41, 5.74) is 0. The average molecular weight is 371 g/mol. The molecule has 0 radical (unpaired) electrons. The fourth-order valence-electron chi connectivity index (χ4n) is 3.34. The molecule has 0 spiro atoms. The first-order valence-electron chi connectivity index (χ1n) is 7.34. The van der Waals surface area contributed by atoms with Gasteiger partial charge in [0.25, 0.3) is 0 Å². The summed E-state index contributed by atoms with van der Waals surface area (Å²) < 4.78 is 1.05. The van der Waals surface area contributed by atoms with Crippen LogP contribution >= 0.6 is 27.3 Å². The molecule has 2 aliphatic heterocycles. The van der Waals surface area contributed by atoms with Crippen molar-refractivity contribution >= 4 is 39.1 Å². The van der Waals surface area contributed by atoms with Gasteiger partial charge in [0, 0.05) is 11.4 Å². The highest BCUT2D eigenvalue weighted by Crippen LogP contribution is 2.32. The van der Waals surface area contributed by atoms with E-state index < -0.39 is 0 Å². The van der Waals surface area contributed by atoms with Crippen molar-refractivity contribution in [3.63, 3.8) is 0 Å². The van der Waals surface area contributed by atoms with E-state index in [4.69, 9.17) is 0 Å². The van der Waals surface area contributed by atoms with Gasteiger partial charge in [-0.2, -0.15) is 0 Å². The Morgan fingerprint density at radius 3 is 2.71 bits per heavy atom. The Kier molecular flexibility index (Phi) is 4.10. The Labute approximate surface area is 137 Å². The molecule has 2 atom stereocenters. The summed E-state index contributed by atoms with van der Waals surface area (Å²) in [6, 6.07) is 3.46. The Balaban J connectivity index is 1.90. The molecule has 0 bridgehead atoms. The zero-order valence-electron chi connectivity index (χ0n) is 12.2. The first kappa shape index (κ1) is 15.0. The highest BCUT2D eigenvalue weighted by Gasteiger charge is 2.48. The second-order valence-electron chi connectivity index (χ2n) is 6.05. The minimum atomic E-state index is -0.326. The summed E-state index contributed by atoms with van der Waals surface area (Å²) in [5, 5.41) is 0. The van der Waals surface area contributed by atoms with E-state index in [2.05, 4.69) is 15.9 Å². The van der Waals surface area contributed by atoms with E-state index in [1.807, 2.05) is 26.0 Å². The molecule has 114 valence electrons. The Bertz CT molecular complexity index is 572. The van der Waals surface area contributed by atoms with Crippen molar-refractivity contribution in [2.24, 2.45) is 5.92 Å². The number of carbonyl (C=O) groups excluding carboxylic acids is 2. The lowest BCUT2D eigenvalue weighted by Gasteiger charge is -2.43. The number of thiophene rings is 1. The Hall–Kier alpha value is -0.880. The van der Waals surface area contributed by atoms with E-state index in [1.165, 1.54) is 0 Å². The minimum Gasteiger partial charge on any atom is -0.329 e. The predicted octanol–water partition coefficient (Wildman–Crippen LogP) is 2.87. The van der Waals surface area contributed by atoms with Gasteiger partial charge in [-0.15, -0.1) is 11.3 Å². The maximum atomic E-state index is 12.8. The summed E-state index contributed by atoms with van der Waals surface area (Å²) >= 11 is 5.07. The second-order valence-corrected chi connectivity index (χ2v) is 8.60. The van der Waals surface area contributed by atoms with Crippen LogP contribution in [0.2, 0.25) is 0 Å². The topological polar surface area (TPSA) is 40.6 Å². The highest BCUT2D eigenvalue weighted by molar-refractivity contribution is 9.11. The van der Waals surface area contributed by atoms with Crippen molar-refractivity contribution in [2.75, 3.05) is 6.54 Å². The van der Waals surface area contributed by atoms with Gasteiger partial charge in [0.1, 0.15) is 12.1 Å². The zero-order valence-corrected chi connectivity index (χ0v) is 14.6. The molecule has 0 aliphatic carbocycles. The van der Waals surface area contributed by atoms with Crippen LogP contribution in [0.4, 0.5) is 0 Å². The van der Waals surface area contributed by atoms with Crippen LogP contribution in [0.5, 0.6) is 0 Å². The molecule has 3 heterocycles. The van der Waals surface area contributed by atoms with Crippen LogP contribution in [-0.2, 0) is 16.1 Å². The molecule has 21 heavy (non-hydrogen) atoms. The van der Waals surface area contributed by atoms with E-state index in [0.29, 0.717) is 6.54 Å². The second kappa shape index (κ2) is 5.72. The van der Waals surface area contributed by atoms with E-state index in [0.717, 1.165) is 28.0 Å². The molecule has 0 saturated carbocycles. The van der Waals surface area contributed by atoms with Crippen LogP contribution < -0.4 is 0 Å². The summed E-state index contributed by atoms with van der Waals surface area (Å²) in [5.74, 6) is 0.379. The number of amides is 2. The van der Waals surface area contributed by atoms with E-state index >= 15 is 0 Å². The van der Waals surface area contributed by atoms with Crippen molar-refractivity contribution in [2.45, 2.75) is 45.3 Å². The van der Waals surface area contributed by atoms with Gasteiger partial charge in [0.2, 0.25) is 11.8 Å². The van der Waals surface area contributed by atoms with Crippen LogP contribution in [0.3, 0.4) is 0 Å². The van der Waals surface area contributed by atoms with Gasteiger partial charge in [-0.3, -0.25) is 9.59 Å². The standard InChI is InChI=1S/C15H19BrN2O2S/c1-9(2)13-15(20)17-7-3-4-11(17)14(19)18(13)8-10-5-6-12(16)21-10/h5-6,9,11,13H,3-4,7-8H2,1-2H3. The lowest BCUT2D eigenvalue weighted by atomic mass is 9.96. The molecule has 6 heteroatoms. The number of halogens is 1. The van der Waals surface area contributed by atoms with Crippen molar-refractivity contribution in [1.82, 2.24) is 9.80 Å². The molecular formula is C15H19BrN2O2S. The molecule has 0 aromatic carbocycles. The monoisotopic (exact) mass is 370 g/mol. The predicted molar refractivity (Wildman–Crippen MR) is 85.9 cm³/mol. The summed E-state index contributed by atoms with van der Waals surface area (Å²) in [6.45, 7) is 5.30. The number of carbonyl (C=O) groups is 2. The van der Waals surface area contributed by atoms with E-state index in [9.17, 15) is 9.59 Å². The largest absolute Gasteiger partial charge is 0.329 e. The zero-order chi connectivity index (χ0) is 15.1. The molecule has 1 aromatic rings. The van der Waals surface area contributed by atoms with Crippen LogP contribution in [0.25, 0.3) is 0 Å². The molecule has 2 saturated heterocycles. The third-order valence-electron chi connectivity index (χ3n) is 4.28. The average Bonchev–Trinajstić information content (AvgIpc) is 3.04. The lowest BCUT2D eigenvalue weighted by Crippen LogP contribution is -2.63. The van der Waals surface area contributed by atoms with Gasteiger partial charge in [0.15, 0.2) is 0 Å². The van der Waals surface area contributed by atoms with Gasteiger partial charge in [-0.25, -0.2) is 0 Å². The lowest BCUT2D eigenvalue weighted by molar-refractivity contribution is -0.162. The van der Waals surface area contributed by atoms with Gasteiger partial charge < -0.3 is 9.80 Å². The summed E-state index contributed by atoms with van der Waals surface area (Å²) in [6.07, 6.45) is 1.74. The summed E-state index contributed by atoms with van der Waals surface area (Å²) in [7, 11) is 0. The molecular weight excluding hydrogens is 352 g/mol. The third kappa shape index (κ3) is 2.63.